The van der Waals surface area contributed by atoms with Crippen LogP contribution in [0.1, 0.15) is 235 Å². The summed E-state index contributed by atoms with van der Waals surface area (Å²) in [6.45, 7) is 19.0. The molecule has 4 heterocycles. The smallest absolute Gasteiger partial charge is 0.257 e. The maximum atomic E-state index is 14.8. The molecule has 6 aliphatic rings. The minimum atomic E-state index is -0.918. The molecule has 0 aromatic heterocycles. The minimum absolute atomic E-state index is 0.0347. The zero-order valence-electron chi connectivity index (χ0n) is 43.4. The average Bonchev–Trinajstić information content (AvgIpc) is 3.51. The quantitative estimate of drug-likeness (QED) is 0.132. The van der Waals surface area contributed by atoms with Gasteiger partial charge in [-0.15, -0.1) is 0 Å². The molecule has 382 valence electrons. The van der Waals surface area contributed by atoms with Gasteiger partial charge >= 0.3 is 0 Å². The third-order valence-corrected chi connectivity index (χ3v) is 15.8. The zero-order valence-corrected chi connectivity index (χ0v) is 43.4. The molecule has 66 heavy (non-hydrogen) atoms. The van der Waals surface area contributed by atoms with E-state index >= 15 is 0 Å². The number of aliphatic hydroxyl groups excluding tert-OH is 2. The number of hydrogen-bond donors (Lipinski definition) is 4. The van der Waals surface area contributed by atoms with Crippen LogP contribution < -0.4 is 10.6 Å². The molecule has 12 nitrogen and oxygen atoms in total. The Balaban J connectivity index is 1.00. The van der Waals surface area contributed by atoms with E-state index in [4.69, 9.17) is 18.9 Å². The number of amides is 2. The molecule has 0 aromatic carbocycles. The first kappa shape index (κ1) is 54.0. The third kappa shape index (κ3) is 14.2. The summed E-state index contributed by atoms with van der Waals surface area (Å²) in [6.07, 6.45) is 26.6. The van der Waals surface area contributed by atoms with Gasteiger partial charge in [-0.05, 0) is 120 Å². The van der Waals surface area contributed by atoms with Crippen LogP contribution >= 0.6 is 0 Å². The number of unbranched alkanes of at least 4 members (excludes halogenated alkanes) is 1. The Morgan fingerprint density at radius 2 is 0.727 bits per heavy atom. The van der Waals surface area contributed by atoms with Crippen LogP contribution in [0, 0.1) is 0 Å². The van der Waals surface area contributed by atoms with Crippen LogP contribution in [0.3, 0.4) is 0 Å². The molecule has 2 saturated carbocycles. The van der Waals surface area contributed by atoms with E-state index in [0.29, 0.717) is 38.9 Å². The molecule has 12 heteroatoms. The Hall–Kier alpha value is -1.38. The van der Waals surface area contributed by atoms with E-state index in [-0.39, 0.29) is 60.3 Å². The Kier molecular flexibility index (Phi) is 18.6. The number of β-amino-alcohol motifs (C(OH)–C–C–N with tert-alkyl or cyclic N) is 2. The number of nitrogens with one attached hydrogen (secondary N) is 2. The largest absolute Gasteiger partial charge is 0.389 e. The van der Waals surface area contributed by atoms with Crippen molar-refractivity contribution in [2.75, 3.05) is 39.5 Å². The van der Waals surface area contributed by atoms with Gasteiger partial charge in [0.1, 0.15) is 11.4 Å². The number of carbonyl (C=O) groups excluding carboxylic acids is 2. The lowest BCUT2D eigenvalue weighted by atomic mass is 9.72. The van der Waals surface area contributed by atoms with Gasteiger partial charge in [0.05, 0.1) is 38.5 Å². The summed E-state index contributed by atoms with van der Waals surface area (Å²) in [5, 5.41) is 30.5. The van der Waals surface area contributed by atoms with Crippen LogP contribution in [-0.4, -0.2) is 128 Å². The Labute approximate surface area is 401 Å². The first-order valence-corrected chi connectivity index (χ1v) is 27.3. The van der Waals surface area contributed by atoms with Gasteiger partial charge in [-0.25, -0.2) is 0 Å². The van der Waals surface area contributed by atoms with Gasteiger partial charge in [0.2, 0.25) is 0 Å². The molecule has 4 aliphatic heterocycles. The Bertz CT molecular complexity index is 1380. The second kappa shape index (κ2) is 22.8. The zero-order chi connectivity index (χ0) is 47.7. The van der Waals surface area contributed by atoms with Crippen molar-refractivity contribution in [3.05, 3.63) is 0 Å². The molecule has 2 atom stereocenters. The number of rotatable bonds is 13. The SMILES string of the molecule is CC1(C)CC2(CC(C)(C)N1)OC1(CCCCCCCCCCC1)N(C[C@H](O)COCCCCOC[C@@H](O)CN1C(=O)C3(CC(C)(C)NC(C)(C)C3)OC13CCCCCCCCCCC3)C2=O. The second-order valence-corrected chi connectivity index (χ2v) is 24.9. The second-order valence-electron chi connectivity index (χ2n) is 24.9. The highest BCUT2D eigenvalue weighted by Crippen LogP contribution is 2.53. The molecule has 0 unspecified atom stereocenters. The summed E-state index contributed by atoms with van der Waals surface area (Å²) < 4.78 is 26.7. The summed E-state index contributed by atoms with van der Waals surface area (Å²) in [6, 6.07) is 0. The number of piperidine rings is 2. The Morgan fingerprint density at radius 1 is 0.470 bits per heavy atom. The highest BCUT2D eigenvalue weighted by atomic mass is 16.6. The highest BCUT2D eigenvalue weighted by molar-refractivity contribution is 5.89. The van der Waals surface area contributed by atoms with Crippen molar-refractivity contribution in [2.45, 2.75) is 292 Å². The monoisotopic (exact) mass is 931 g/mol. The fourth-order valence-electron chi connectivity index (χ4n) is 14.2. The van der Waals surface area contributed by atoms with Crippen molar-refractivity contribution in [2.24, 2.45) is 0 Å². The minimum Gasteiger partial charge on any atom is -0.389 e. The standard InChI is InChI=1S/C54H98N4O8/c1-47(2)39-51(40-48(3,4)55-47)45(61)57(53(65-51)29-23-19-15-11-9-12-16-20-24-30-53)35-43(59)37-63-33-27-28-34-64-38-44(60)36-58-46(62)52(41-49(5,6)56-50(7,8)42-52)66-54(58)31-25-21-17-13-10-14-18-22-26-32-54/h43-44,55-56,59-60H,9-42H2,1-8H3/t43-,44-/m0/s1. The van der Waals surface area contributed by atoms with Gasteiger partial charge in [0, 0.05) is 61.1 Å². The molecule has 6 rings (SSSR count). The molecular formula is C54H98N4O8. The summed E-state index contributed by atoms with van der Waals surface area (Å²) in [7, 11) is 0. The van der Waals surface area contributed by atoms with E-state index in [1.165, 1.54) is 64.2 Å². The highest BCUT2D eigenvalue weighted by Gasteiger charge is 2.66. The van der Waals surface area contributed by atoms with Crippen molar-refractivity contribution < 1.29 is 38.7 Å². The van der Waals surface area contributed by atoms with Gasteiger partial charge in [-0.2, -0.15) is 0 Å². The molecule has 2 aliphatic carbocycles. The van der Waals surface area contributed by atoms with E-state index in [1.54, 1.807) is 0 Å². The van der Waals surface area contributed by atoms with E-state index in [9.17, 15) is 19.8 Å². The number of carbonyl (C=O) groups is 2. The van der Waals surface area contributed by atoms with Gasteiger partial charge in [-0.1, -0.05) is 89.9 Å². The summed E-state index contributed by atoms with van der Waals surface area (Å²) in [4.78, 5) is 33.5. The fraction of sp³-hybridized carbons (Fsp3) is 0.963. The van der Waals surface area contributed by atoms with Crippen LogP contribution in [0.5, 0.6) is 0 Å². The average molecular weight is 931 g/mol. The Morgan fingerprint density at radius 3 is 1.00 bits per heavy atom. The van der Waals surface area contributed by atoms with E-state index in [0.717, 1.165) is 89.9 Å². The van der Waals surface area contributed by atoms with Crippen LogP contribution in [0.2, 0.25) is 0 Å². The molecule has 6 fully saturated rings. The van der Waals surface area contributed by atoms with E-state index in [2.05, 4.69) is 66.0 Å². The van der Waals surface area contributed by atoms with E-state index in [1.807, 2.05) is 9.80 Å². The first-order valence-electron chi connectivity index (χ1n) is 27.3. The lowest BCUT2D eigenvalue weighted by molar-refractivity contribution is -0.179. The van der Waals surface area contributed by atoms with Gasteiger partial charge in [0.15, 0.2) is 11.2 Å². The lowest BCUT2D eigenvalue weighted by Crippen LogP contribution is -2.65. The fourth-order valence-corrected chi connectivity index (χ4v) is 14.2. The first-order chi connectivity index (χ1) is 31.2. The molecule has 0 radical (unpaired) electrons. The van der Waals surface area contributed by atoms with Crippen molar-refractivity contribution in [3.63, 3.8) is 0 Å². The van der Waals surface area contributed by atoms with E-state index < -0.39 is 34.9 Å². The normalized spacial score (nSPS) is 28.7. The van der Waals surface area contributed by atoms with Crippen LogP contribution in [0.4, 0.5) is 0 Å². The van der Waals surface area contributed by atoms with Crippen molar-refractivity contribution in [1.82, 2.24) is 20.4 Å². The van der Waals surface area contributed by atoms with Crippen LogP contribution in [0.25, 0.3) is 0 Å². The van der Waals surface area contributed by atoms with Crippen molar-refractivity contribution >= 4 is 11.8 Å². The maximum Gasteiger partial charge on any atom is 0.257 e. The molecule has 4 spiro atoms. The number of aliphatic hydroxyl groups is 2. The summed E-state index contributed by atoms with van der Waals surface area (Å²) >= 11 is 0. The lowest BCUT2D eigenvalue weighted by Gasteiger charge is -2.50. The maximum absolute atomic E-state index is 14.8. The molecule has 0 aromatic rings. The van der Waals surface area contributed by atoms with Gasteiger partial charge in [0.25, 0.3) is 11.8 Å². The molecule has 4 saturated heterocycles. The van der Waals surface area contributed by atoms with Gasteiger partial charge in [-0.3, -0.25) is 9.59 Å². The van der Waals surface area contributed by atoms with Crippen molar-refractivity contribution in [1.29, 1.82) is 0 Å². The molecule has 0 bridgehead atoms. The predicted octanol–water partition coefficient (Wildman–Crippen LogP) is 9.60. The molecule has 4 N–H and O–H groups in total. The van der Waals surface area contributed by atoms with Crippen molar-refractivity contribution in [3.8, 4) is 0 Å². The molecular weight excluding hydrogens is 833 g/mol. The number of ether oxygens (including phenoxy) is 4. The van der Waals surface area contributed by atoms with Crippen LogP contribution in [0.15, 0.2) is 0 Å². The number of nitrogens with zero attached hydrogens (tertiary/aromatic N) is 2. The third-order valence-electron chi connectivity index (χ3n) is 15.8. The molecule has 2 amide bonds. The number of hydrogen-bond acceptors (Lipinski definition) is 10. The predicted molar refractivity (Wildman–Crippen MR) is 262 cm³/mol. The van der Waals surface area contributed by atoms with Crippen LogP contribution in [-0.2, 0) is 28.5 Å². The topological polar surface area (TPSA) is 142 Å². The van der Waals surface area contributed by atoms with Gasteiger partial charge < -0.3 is 49.6 Å². The summed E-state index contributed by atoms with van der Waals surface area (Å²) in [5.41, 5.74) is -4.35. The summed E-state index contributed by atoms with van der Waals surface area (Å²) in [5.74, 6) is 0.0693.